The Labute approximate surface area is 145 Å². The Bertz CT molecular complexity index is 852. The minimum atomic E-state index is -3.49. The van der Waals surface area contributed by atoms with Gasteiger partial charge in [0.15, 0.2) is 15.7 Å². The molecule has 0 fully saturated rings. The maximum absolute atomic E-state index is 12.5. The largest absolute Gasteiger partial charge is 0.338 e. The van der Waals surface area contributed by atoms with E-state index >= 15 is 0 Å². The van der Waals surface area contributed by atoms with Crippen LogP contribution in [0.2, 0.25) is 10.3 Å². The molecule has 122 valence electrons. The molecular weight excluding hydrogens is 357 g/mol. The number of nitrogens with one attached hydrogen (secondary N) is 1. The van der Waals surface area contributed by atoms with E-state index in [1.807, 2.05) is 0 Å². The first-order valence-corrected chi connectivity index (χ1v) is 9.01. The standard InChI is InChI=1S/C15H15Cl2N3O2S/c1-4-10-5-6-13(23(21,22)9(2)3)12(7-10)19-14-11(16)8-18-15(17)20-14/h4-9H,1H2,2-3H3,(H,18,19,20). The Kier molecular flexibility index (Phi) is 5.29. The topological polar surface area (TPSA) is 72.0 Å². The molecule has 0 aliphatic heterocycles. The minimum absolute atomic E-state index is 0.00467. The summed E-state index contributed by atoms with van der Waals surface area (Å²) in [6, 6.07) is 4.88. The van der Waals surface area contributed by atoms with Crippen molar-refractivity contribution in [1.29, 1.82) is 0 Å². The molecule has 0 spiro atoms. The van der Waals surface area contributed by atoms with Gasteiger partial charge in [-0.05, 0) is 43.1 Å². The van der Waals surface area contributed by atoms with Gasteiger partial charge in [-0.1, -0.05) is 30.3 Å². The monoisotopic (exact) mass is 371 g/mol. The van der Waals surface area contributed by atoms with Crippen LogP contribution in [0.3, 0.4) is 0 Å². The van der Waals surface area contributed by atoms with Gasteiger partial charge in [-0.3, -0.25) is 0 Å². The Balaban J connectivity index is 2.60. The van der Waals surface area contributed by atoms with Crippen molar-refractivity contribution in [2.45, 2.75) is 24.0 Å². The van der Waals surface area contributed by atoms with E-state index < -0.39 is 15.1 Å². The maximum Gasteiger partial charge on any atom is 0.224 e. The lowest BCUT2D eigenvalue weighted by Crippen LogP contribution is -2.16. The molecular formula is C15H15Cl2N3O2S. The zero-order chi connectivity index (χ0) is 17.2. The molecule has 2 aromatic rings. The van der Waals surface area contributed by atoms with E-state index in [1.165, 1.54) is 12.3 Å². The SMILES string of the molecule is C=Cc1ccc(S(=O)(=O)C(C)C)c(Nc2nc(Cl)ncc2Cl)c1. The summed E-state index contributed by atoms with van der Waals surface area (Å²) in [6.45, 7) is 6.93. The third-order valence-corrected chi connectivity index (χ3v) is 5.80. The van der Waals surface area contributed by atoms with Crippen molar-refractivity contribution in [2.75, 3.05) is 5.32 Å². The number of hydrogen-bond donors (Lipinski definition) is 1. The molecule has 1 N–H and O–H groups in total. The maximum atomic E-state index is 12.5. The molecule has 23 heavy (non-hydrogen) atoms. The highest BCUT2D eigenvalue weighted by atomic mass is 35.5. The number of nitrogens with zero attached hydrogens (tertiary/aromatic N) is 2. The summed E-state index contributed by atoms with van der Waals surface area (Å²) in [5.74, 6) is 0.230. The first kappa shape index (κ1) is 17.7. The molecule has 1 aromatic carbocycles. The zero-order valence-electron chi connectivity index (χ0n) is 12.5. The molecule has 0 saturated carbocycles. The molecule has 1 aromatic heterocycles. The van der Waals surface area contributed by atoms with E-state index in [0.29, 0.717) is 5.69 Å². The van der Waals surface area contributed by atoms with Crippen LogP contribution in [0, 0.1) is 0 Å². The van der Waals surface area contributed by atoms with Gasteiger partial charge in [0.25, 0.3) is 0 Å². The molecule has 0 unspecified atom stereocenters. The summed E-state index contributed by atoms with van der Waals surface area (Å²) in [5.41, 5.74) is 1.11. The van der Waals surface area contributed by atoms with Crippen molar-refractivity contribution in [2.24, 2.45) is 0 Å². The van der Waals surface area contributed by atoms with Gasteiger partial charge >= 0.3 is 0 Å². The smallest absolute Gasteiger partial charge is 0.224 e. The average Bonchev–Trinajstić information content (AvgIpc) is 2.50. The number of aromatic nitrogens is 2. The highest BCUT2D eigenvalue weighted by molar-refractivity contribution is 7.92. The minimum Gasteiger partial charge on any atom is -0.338 e. The van der Waals surface area contributed by atoms with Crippen molar-refractivity contribution in [3.8, 4) is 0 Å². The van der Waals surface area contributed by atoms with Gasteiger partial charge in [-0.2, -0.15) is 4.98 Å². The number of halogens is 2. The first-order valence-electron chi connectivity index (χ1n) is 6.71. The van der Waals surface area contributed by atoms with Gasteiger partial charge in [0, 0.05) is 0 Å². The lowest BCUT2D eigenvalue weighted by atomic mass is 10.2. The second-order valence-corrected chi connectivity index (χ2v) is 8.23. The van der Waals surface area contributed by atoms with Crippen LogP contribution in [0.5, 0.6) is 0 Å². The zero-order valence-corrected chi connectivity index (χ0v) is 14.9. The summed E-state index contributed by atoms with van der Waals surface area (Å²) in [7, 11) is -3.49. The lowest BCUT2D eigenvalue weighted by molar-refractivity contribution is 0.588. The summed E-state index contributed by atoms with van der Waals surface area (Å²) in [6.07, 6.45) is 2.96. The van der Waals surface area contributed by atoms with E-state index in [-0.39, 0.29) is 21.0 Å². The van der Waals surface area contributed by atoms with Crippen molar-refractivity contribution in [3.63, 3.8) is 0 Å². The van der Waals surface area contributed by atoms with E-state index in [4.69, 9.17) is 23.2 Å². The number of sulfone groups is 1. The van der Waals surface area contributed by atoms with Crippen molar-refractivity contribution >= 4 is 50.6 Å². The Morgan fingerprint density at radius 1 is 1.30 bits per heavy atom. The molecule has 0 amide bonds. The fourth-order valence-electron chi connectivity index (χ4n) is 1.84. The van der Waals surface area contributed by atoms with Gasteiger partial charge in [0.2, 0.25) is 5.28 Å². The Morgan fingerprint density at radius 2 is 2.00 bits per heavy atom. The Hall–Kier alpha value is -1.63. The number of benzene rings is 1. The predicted octanol–water partition coefficient (Wildman–Crippen LogP) is 4.35. The van der Waals surface area contributed by atoms with E-state index in [9.17, 15) is 8.42 Å². The molecule has 0 bridgehead atoms. The van der Waals surface area contributed by atoms with Crippen LogP contribution in [0.4, 0.5) is 11.5 Å². The average molecular weight is 372 g/mol. The van der Waals surface area contributed by atoms with E-state index in [0.717, 1.165) is 5.56 Å². The number of hydrogen-bond acceptors (Lipinski definition) is 5. The number of rotatable bonds is 5. The third kappa shape index (κ3) is 3.83. The molecule has 0 aliphatic rings. The van der Waals surface area contributed by atoms with Gasteiger partial charge in [0.1, 0.15) is 5.02 Å². The van der Waals surface area contributed by atoms with Crippen LogP contribution in [-0.2, 0) is 9.84 Å². The predicted molar refractivity (Wildman–Crippen MR) is 94.2 cm³/mol. The summed E-state index contributed by atoms with van der Waals surface area (Å²) in [5, 5.41) is 2.59. The fraction of sp³-hybridized carbons (Fsp3) is 0.200. The summed E-state index contributed by atoms with van der Waals surface area (Å²) >= 11 is 11.8. The molecule has 8 heteroatoms. The van der Waals surface area contributed by atoms with Crippen molar-refractivity contribution < 1.29 is 8.42 Å². The number of anilines is 2. The van der Waals surface area contributed by atoms with Crippen molar-refractivity contribution in [1.82, 2.24) is 9.97 Å². The molecule has 5 nitrogen and oxygen atoms in total. The highest BCUT2D eigenvalue weighted by Gasteiger charge is 2.23. The third-order valence-electron chi connectivity index (χ3n) is 3.13. The van der Waals surface area contributed by atoms with Crippen LogP contribution < -0.4 is 5.32 Å². The van der Waals surface area contributed by atoms with Gasteiger partial charge in [-0.25, -0.2) is 13.4 Å². The molecule has 0 aliphatic carbocycles. The van der Waals surface area contributed by atoms with Crippen LogP contribution in [0.1, 0.15) is 19.4 Å². The molecule has 2 rings (SSSR count). The van der Waals surface area contributed by atoms with Gasteiger partial charge in [-0.15, -0.1) is 0 Å². The fourth-order valence-corrected chi connectivity index (χ4v) is 3.29. The van der Waals surface area contributed by atoms with Crippen LogP contribution >= 0.6 is 23.2 Å². The summed E-state index contributed by atoms with van der Waals surface area (Å²) in [4.78, 5) is 7.90. The molecule has 0 radical (unpaired) electrons. The first-order chi connectivity index (χ1) is 10.8. The molecule has 0 atom stereocenters. The van der Waals surface area contributed by atoms with E-state index in [1.54, 1.807) is 32.1 Å². The normalized spacial score (nSPS) is 11.5. The van der Waals surface area contributed by atoms with Crippen LogP contribution in [-0.4, -0.2) is 23.6 Å². The van der Waals surface area contributed by atoms with Crippen LogP contribution in [0.25, 0.3) is 6.08 Å². The second kappa shape index (κ2) is 6.86. The van der Waals surface area contributed by atoms with Gasteiger partial charge in [0.05, 0.1) is 22.0 Å². The quantitative estimate of drug-likeness (QED) is 0.790. The van der Waals surface area contributed by atoms with Crippen LogP contribution in [0.15, 0.2) is 35.9 Å². The highest BCUT2D eigenvalue weighted by Crippen LogP contribution is 2.31. The molecule has 0 saturated heterocycles. The van der Waals surface area contributed by atoms with E-state index in [2.05, 4.69) is 21.9 Å². The van der Waals surface area contributed by atoms with Gasteiger partial charge < -0.3 is 5.32 Å². The Morgan fingerprint density at radius 3 is 2.61 bits per heavy atom. The lowest BCUT2D eigenvalue weighted by Gasteiger charge is -2.15. The second-order valence-electron chi connectivity index (χ2n) is 5.01. The van der Waals surface area contributed by atoms with Crippen molar-refractivity contribution in [3.05, 3.63) is 46.8 Å². The molecule has 1 heterocycles. The summed E-state index contributed by atoms with van der Waals surface area (Å²) < 4.78 is 25.1.